The average molecular weight is 243 g/mol. The highest BCUT2D eigenvalue weighted by molar-refractivity contribution is 5.91. The molecule has 17 heavy (non-hydrogen) atoms. The van der Waals surface area contributed by atoms with E-state index in [9.17, 15) is 5.21 Å². The molecular weight excluding hydrogens is 218 g/mol. The molecule has 4 nitrogen and oxygen atoms in total. The number of hydrogen-bond donors (Lipinski definition) is 1. The Morgan fingerprint density at radius 3 is 2.53 bits per heavy atom. The summed E-state index contributed by atoms with van der Waals surface area (Å²) in [6.07, 6.45) is 2.50. The zero-order valence-electron chi connectivity index (χ0n) is 11.6. The number of hydrogen-bond acceptors (Lipinski definition) is 4. The summed E-state index contributed by atoms with van der Waals surface area (Å²) in [5.41, 5.74) is 0.829. The highest BCUT2D eigenvalue weighted by Crippen LogP contribution is 2.41. The maximum atomic E-state index is 9.20. The molecule has 0 amide bonds. The molecule has 1 saturated carbocycles. The van der Waals surface area contributed by atoms with Crippen LogP contribution in [0.2, 0.25) is 0 Å². The molecule has 0 bridgehead atoms. The largest absolute Gasteiger partial charge is 0.411 e. The van der Waals surface area contributed by atoms with Crippen molar-refractivity contribution in [1.29, 1.82) is 0 Å². The lowest BCUT2D eigenvalue weighted by atomic mass is 9.70. The van der Waals surface area contributed by atoms with Crippen molar-refractivity contribution in [3.63, 3.8) is 0 Å². The van der Waals surface area contributed by atoms with Gasteiger partial charge >= 0.3 is 0 Å². The van der Waals surface area contributed by atoms with E-state index < -0.39 is 5.79 Å². The predicted molar refractivity (Wildman–Crippen MR) is 67.4 cm³/mol. The van der Waals surface area contributed by atoms with Crippen molar-refractivity contribution in [2.45, 2.75) is 52.7 Å². The van der Waals surface area contributed by atoms with E-state index in [0.717, 1.165) is 19.3 Å². The molecule has 0 aromatic carbocycles. The van der Waals surface area contributed by atoms with E-state index in [1.807, 2.05) is 6.92 Å². The molecule has 0 saturated heterocycles. The first kappa shape index (κ1) is 14.5. The SMILES string of the molecule is CCOC1(OC)CCC(C(C)(C)C)C/C1=N/O. The van der Waals surface area contributed by atoms with Crippen LogP contribution in [0.25, 0.3) is 0 Å². The molecule has 0 heterocycles. The van der Waals surface area contributed by atoms with E-state index >= 15 is 0 Å². The number of ether oxygens (including phenoxy) is 2. The Morgan fingerprint density at radius 1 is 1.47 bits per heavy atom. The van der Waals surface area contributed by atoms with Crippen LogP contribution in [0.15, 0.2) is 5.16 Å². The van der Waals surface area contributed by atoms with Crippen molar-refractivity contribution in [2.24, 2.45) is 16.5 Å². The van der Waals surface area contributed by atoms with Gasteiger partial charge in [0.1, 0.15) is 5.71 Å². The van der Waals surface area contributed by atoms with Crippen molar-refractivity contribution in [1.82, 2.24) is 0 Å². The van der Waals surface area contributed by atoms with E-state index in [2.05, 4.69) is 25.9 Å². The summed E-state index contributed by atoms with van der Waals surface area (Å²) in [6, 6.07) is 0. The van der Waals surface area contributed by atoms with Gasteiger partial charge in [0.15, 0.2) is 0 Å². The first-order chi connectivity index (χ1) is 7.89. The van der Waals surface area contributed by atoms with Crippen molar-refractivity contribution >= 4 is 5.71 Å². The number of oxime groups is 1. The standard InChI is InChI=1S/C13H25NO3/c1-6-17-13(16-5)8-7-10(12(2,3)4)9-11(13)14-15/h10,15H,6-9H2,1-5H3/b14-11-. The number of methoxy groups -OCH3 is 1. The Balaban J connectivity index is 2.88. The van der Waals surface area contributed by atoms with Crippen molar-refractivity contribution in [3.8, 4) is 0 Å². The highest BCUT2D eigenvalue weighted by atomic mass is 16.7. The summed E-state index contributed by atoms with van der Waals surface area (Å²) < 4.78 is 11.1. The third kappa shape index (κ3) is 2.99. The minimum absolute atomic E-state index is 0.210. The fourth-order valence-corrected chi connectivity index (χ4v) is 2.52. The lowest BCUT2D eigenvalue weighted by Crippen LogP contribution is -2.49. The predicted octanol–water partition coefficient (Wildman–Crippen LogP) is 3.04. The van der Waals surface area contributed by atoms with Crippen LogP contribution < -0.4 is 0 Å². The summed E-state index contributed by atoms with van der Waals surface area (Å²) in [5, 5.41) is 12.6. The second kappa shape index (κ2) is 5.36. The maximum Gasteiger partial charge on any atom is 0.211 e. The summed E-state index contributed by atoms with van der Waals surface area (Å²) in [5.74, 6) is -0.317. The smallest absolute Gasteiger partial charge is 0.211 e. The lowest BCUT2D eigenvalue weighted by Gasteiger charge is -2.42. The zero-order valence-corrected chi connectivity index (χ0v) is 11.6. The monoisotopic (exact) mass is 243 g/mol. The van der Waals surface area contributed by atoms with Gasteiger partial charge in [0.25, 0.3) is 0 Å². The van der Waals surface area contributed by atoms with Crippen LogP contribution in [-0.4, -0.2) is 30.4 Å². The van der Waals surface area contributed by atoms with Gasteiger partial charge in [0, 0.05) is 20.1 Å². The first-order valence-corrected chi connectivity index (χ1v) is 6.30. The second-order valence-electron chi connectivity index (χ2n) is 5.74. The normalized spacial score (nSPS) is 33.0. The number of rotatable bonds is 3. The molecule has 2 atom stereocenters. The third-order valence-electron chi connectivity index (χ3n) is 3.75. The molecule has 0 aromatic rings. The van der Waals surface area contributed by atoms with Crippen LogP contribution in [0.3, 0.4) is 0 Å². The minimum Gasteiger partial charge on any atom is -0.411 e. The van der Waals surface area contributed by atoms with Crippen LogP contribution in [0.5, 0.6) is 0 Å². The Kier molecular flexibility index (Phi) is 4.55. The molecule has 100 valence electrons. The third-order valence-corrected chi connectivity index (χ3v) is 3.75. The molecule has 0 aliphatic heterocycles. The molecule has 0 radical (unpaired) electrons. The quantitative estimate of drug-likeness (QED) is 0.471. The van der Waals surface area contributed by atoms with Crippen LogP contribution in [-0.2, 0) is 9.47 Å². The lowest BCUT2D eigenvalue weighted by molar-refractivity contribution is -0.184. The molecule has 1 N–H and O–H groups in total. The Bertz CT molecular complexity index is 283. The molecule has 1 aliphatic rings. The minimum atomic E-state index is -0.814. The van der Waals surface area contributed by atoms with Gasteiger partial charge in [-0.15, -0.1) is 0 Å². The summed E-state index contributed by atoms with van der Waals surface area (Å²) in [7, 11) is 1.61. The molecule has 1 fully saturated rings. The van der Waals surface area contributed by atoms with Crippen molar-refractivity contribution in [2.75, 3.05) is 13.7 Å². The summed E-state index contributed by atoms with van der Waals surface area (Å²) >= 11 is 0. The van der Waals surface area contributed by atoms with Gasteiger partial charge < -0.3 is 14.7 Å². The zero-order chi connectivity index (χ0) is 13.1. The summed E-state index contributed by atoms with van der Waals surface area (Å²) in [4.78, 5) is 0. The summed E-state index contributed by atoms with van der Waals surface area (Å²) in [6.45, 7) is 9.12. The fraction of sp³-hybridized carbons (Fsp3) is 0.923. The van der Waals surface area contributed by atoms with Gasteiger partial charge in [-0.1, -0.05) is 25.9 Å². The van der Waals surface area contributed by atoms with Crippen molar-refractivity contribution < 1.29 is 14.7 Å². The fourth-order valence-electron chi connectivity index (χ4n) is 2.52. The molecule has 1 aliphatic carbocycles. The Labute approximate surface area is 104 Å². The Morgan fingerprint density at radius 2 is 2.12 bits per heavy atom. The van der Waals surface area contributed by atoms with Gasteiger partial charge in [-0.2, -0.15) is 0 Å². The van der Waals surface area contributed by atoms with E-state index in [-0.39, 0.29) is 5.41 Å². The van der Waals surface area contributed by atoms with Crippen LogP contribution in [0, 0.1) is 11.3 Å². The molecular formula is C13H25NO3. The van der Waals surface area contributed by atoms with E-state index in [1.165, 1.54) is 0 Å². The van der Waals surface area contributed by atoms with Gasteiger partial charge in [0.2, 0.25) is 5.79 Å². The molecule has 2 unspecified atom stereocenters. The van der Waals surface area contributed by atoms with Crippen molar-refractivity contribution in [3.05, 3.63) is 0 Å². The first-order valence-electron chi connectivity index (χ1n) is 6.30. The van der Waals surface area contributed by atoms with Gasteiger partial charge in [0.05, 0.1) is 0 Å². The van der Waals surface area contributed by atoms with Crippen LogP contribution in [0.1, 0.15) is 47.0 Å². The van der Waals surface area contributed by atoms with Crippen LogP contribution >= 0.6 is 0 Å². The van der Waals surface area contributed by atoms with Crippen LogP contribution in [0.4, 0.5) is 0 Å². The van der Waals surface area contributed by atoms with Gasteiger partial charge in [-0.05, 0) is 31.1 Å². The van der Waals surface area contributed by atoms with Gasteiger partial charge in [-0.3, -0.25) is 0 Å². The highest BCUT2D eigenvalue weighted by Gasteiger charge is 2.45. The van der Waals surface area contributed by atoms with E-state index in [4.69, 9.17) is 9.47 Å². The maximum absolute atomic E-state index is 9.20. The Hall–Kier alpha value is -0.610. The molecule has 1 rings (SSSR count). The average Bonchev–Trinajstić information content (AvgIpc) is 2.28. The van der Waals surface area contributed by atoms with E-state index in [1.54, 1.807) is 7.11 Å². The van der Waals surface area contributed by atoms with E-state index in [0.29, 0.717) is 18.2 Å². The molecule has 4 heteroatoms. The van der Waals surface area contributed by atoms with Gasteiger partial charge in [-0.25, -0.2) is 0 Å². The number of nitrogens with zero attached hydrogens (tertiary/aromatic N) is 1. The molecule has 0 spiro atoms. The topological polar surface area (TPSA) is 51.0 Å². The second-order valence-corrected chi connectivity index (χ2v) is 5.74. The molecule has 0 aromatic heterocycles.